The molecule has 3 N–H and O–H groups in total. The average molecular weight is 452 g/mol. The molecule has 0 atom stereocenters. The number of rotatable bonds is 10. The largest absolute Gasteiger partial charge is 0.372 e. The van der Waals surface area contributed by atoms with Crippen molar-refractivity contribution < 1.29 is 4.79 Å². The van der Waals surface area contributed by atoms with Gasteiger partial charge in [-0.3, -0.25) is 14.6 Å². The Balaban J connectivity index is 1.48. The fourth-order valence-electron chi connectivity index (χ4n) is 3.88. The van der Waals surface area contributed by atoms with E-state index in [9.17, 15) is 9.59 Å². The molecule has 2 aliphatic rings. The van der Waals surface area contributed by atoms with Crippen LogP contribution in [0.15, 0.2) is 41.6 Å². The number of pyridine rings is 1. The molecular weight excluding hydrogens is 418 g/mol. The molecule has 0 spiro atoms. The lowest BCUT2D eigenvalue weighted by atomic mass is 10.0. The summed E-state index contributed by atoms with van der Waals surface area (Å²) in [4.78, 5) is 41.0. The van der Waals surface area contributed by atoms with Gasteiger partial charge in [0.2, 0.25) is 5.91 Å². The maximum Gasteiger partial charge on any atom is 0.271 e. The first-order valence-corrected chi connectivity index (χ1v) is 11.6. The zero-order valence-electron chi connectivity index (χ0n) is 19.5. The van der Waals surface area contributed by atoms with Crippen molar-refractivity contribution in [2.24, 2.45) is 5.92 Å². The van der Waals surface area contributed by atoms with Crippen LogP contribution in [0, 0.1) is 5.92 Å². The highest BCUT2D eigenvalue weighted by Gasteiger charge is 2.37. The quantitative estimate of drug-likeness (QED) is 0.474. The fraction of sp³-hybridized carbons (Fsp3) is 0.500. The van der Waals surface area contributed by atoms with E-state index >= 15 is 0 Å². The van der Waals surface area contributed by atoms with Crippen LogP contribution in [0.5, 0.6) is 0 Å². The summed E-state index contributed by atoms with van der Waals surface area (Å²) >= 11 is 0. The van der Waals surface area contributed by atoms with E-state index in [1.54, 1.807) is 31.7 Å². The molecule has 0 radical (unpaired) electrons. The first-order chi connectivity index (χ1) is 15.9. The molecular formula is C24H33N7O2. The lowest BCUT2D eigenvalue weighted by Crippen LogP contribution is -2.62. The summed E-state index contributed by atoms with van der Waals surface area (Å²) in [7, 11) is 1.79. The molecule has 1 amide bonds. The van der Waals surface area contributed by atoms with Crippen LogP contribution in [0.2, 0.25) is 0 Å². The molecule has 1 aliphatic heterocycles. The molecule has 9 heteroatoms. The lowest BCUT2D eigenvalue weighted by molar-refractivity contribution is -0.130. The molecule has 9 nitrogen and oxygen atoms in total. The first-order valence-electron chi connectivity index (χ1n) is 11.6. The number of carbonyl (C=O) groups is 1. The molecule has 33 heavy (non-hydrogen) atoms. The van der Waals surface area contributed by atoms with Crippen molar-refractivity contribution in [1.82, 2.24) is 25.2 Å². The summed E-state index contributed by atoms with van der Waals surface area (Å²) in [5, 5.41) is 6.26. The van der Waals surface area contributed by atoms with Gasteiger partial charge in [-0.05, 0) is 24.8 Å². The SMILES string of the molecule is CNc1cncc(-c2c[nH]c(=O)c(N(CC3CC3)C3CN(C(=O)C=CCNC(C)C)C3)c2)n1. The maximum absolute atomic E-state index is 12.8. The zero-order valence-corrected chi connectivity index (χ0v) is 19.5. The van der Waals surface area contributed by atoms with Crippen molar-refractivity contribution >= 4 is 17.4 Å². The second kappa shape index (κ2) is 10.2. The normalized spacial score (nSPS) is 16.3. The van der Waals surface area contributed by atoms with Crippen LogP contribution in [0.4, 0.5) is 11.5 Å². The van der Waals surface area contributed by atoms with Crippen molar-refractivity contribution in [3.05, 3.63) is 47.2 Å². The van der Waals surface area contributed by atoms with Gasteiger partial charge in [0, 0.05) is 57.1 Å². The van der Waals surface area contributed by atoms with Gasteiger partial charge in [-0.2, -0.15) is 0 Å². The Labute approximate surface area is 194 Å². The topological polar surface area (TPSA) is 106 Å². The number of aromatic nitrogens is 3. The summed E-state index contributed by atoms with van der Waals surface area (Å²) in [6.45, 7) is 6.89. The monoisotopic (exact) mass is 451 g/mol. The van der Waals surface area contributed by atoms with Gasteiger partial charge < -0.3 is 25.4 Å². The Morgan fingerprint density at radius 2 is 2.12 bits per heavy atom. The second-order valence-corrected chi connectivity index (χ2v) is 9.10. The summed E-state index contributed by atoms with van der Waals surface area (Å²) in [6, 6.07) is 2.41. The Bertz CT molecular complexity index is 1050. The van der Waals surface area contributed by atoms with E-state index < -0.39 is 0 Å². The molecule has 2 aromatic heterocycles. The minimum absolute atomic E-state index is 0.0185. The third-order valence-electron chi connectivity index (χ3n) is 6.05. The van der Waals surface area contributed by atoms with E-state index in [0.717, 1.165) is 12.1 Å². The Kier molecular flexibility index (Phi) is 7.08. The predicted molar refractivity (Wildman–Crippen MR) is 130 cm³/mol. The van der Waals surface area contributed by atoms with Gasteiger partial charge in [-0.1, -0.05) is 19.9 Å². The number of amides is 1. The number of aromatic amines is 1. The molecule has 1 saturated heterocycles. The van der Waals surface area contributed by atoms with Gasteiger partial charge in [0.1, 0.15) is 11.5 Å². The number of carbonyl (C=O) groups excluding carboxylic acids is 1. The highest BCUT2D eigenvalue weighted by Crippen LogP contribution is 2.33. The molecule has 0 aromatic carbocycles. The van der Waals surface area contributed by atoms with Crippen LogP contribution >= 0.6 is 0 Å². The smallest absolute Gasteiger partial charge is 0.271 e. The number of hydrogen-bond donors (Lipinski definition) is 3. The van der Waals surface area contributed by atoms with E-state index in [1.165, 1.54) is 12.8 Å². The molecule has 1 saturated carbocycles. The summed E-state index contributed by atoms with van der Waals surface area (Å²) < 4.78 is 0. The number of nitrogens with one attached hydrogen (secondary N) is 3. The average Bonchev–Trinajstić information content (AvgIpc) is 3.59. The molecule has 0 unspecified atom stereocenters. The molecule has 176 valence electrons. The van der Waals surface area contributed by atoms with Crippen molar-refractivity contribution in [3.8, 4) is 11.3 Å². The Hall–Kier alpha value is -3.20. The third-order valence-corrected chi connectivity index (χ3v) is 6.05. The second-order valence-electron chi connectivity index (χ2n) is 9.10. The van der Waals surface area contributed by atoms with Crippen molar-refractivity contribution in [3.63, 3.8) is 0 Å². The Morgan fingerprint density at radius 1 is 1.33 bits per heavy atom. The van der Waals surface area contributed by atoms with E-state index in [2.05, 4.69) is 44.3 Å². The van der Waals surface area contributed by atoms with Crippen molar-refractivity contribution in [2.75, 3.05) is 43.4 Å². The highest BCUT2D eigenvalue weighted by molar-refractivity contribution is 5.88. The van der Waals surface area contributed by atoms with E-state index in [0.29, 0.717) is 48.8 Å². The van der Waals surface area contributed by atoms with E-state index in [-0.39, 0.29) is 17.5 Å². The molecule has 2 fully saturated rings. The third kappa shape index (κ3) is 5.78. The molecule has 1 aliphatic carbocycles. The first kappa shape index (κ1) is 23.0. The summed E-state index contributed by atoms with van der Waals surface area (Å²) in [6.07, 6.45) is 10.9. The van der Waals surface area contributed by atoms with Crippen LogP contribution in [0.1, 0.15) is 26.7 Å². The summed E-state index contributed by atoms with van der Waals surface area (Å²) in [5.74, 6) is 1.29. The summed E-state index contributed by atoms with van der Waals surface area (Å²) in [5.41, 5.74) is 2.01. The van der Waals surface area contributed by atoms with Gasteiger partial charge >= 0.3 is 0 Å². The van der Waals surface area contributed by atoms with Crippen LogP contribution in [-0.2, 0) is 4.79 Å². The van der Waals surface area contributed by atoms with Gasteiger partial charge in [-0.15, -0.1) is 0 Å². The number of hydrogen-bond acceptors (Lipinski definition) is 7. The minimum Gasteiger partial charge on any atom is -0.372 e. The number of anilines is 2. The lowest BCUT2D eigenvalue weighted by Gasteiger charge is -2.46. The van der Waals surface area contributed by atoms with E-state index in [1.807, 2.05) is 17.0 Å². The van der Waals surface area contributed by atoms with Crippen LogP contribution in [-0.4, -0.2) is 71.1 Å². The van der Waals surface area contributed by atoms with E-state index in [4.69, 9.17) is 0 Å². The van der Waals surface area contributed by atoms with Crippen LogP contribution in [0.3, 0.4) is 0 Å². The van der Waals surface area contributed by atoms with Crippen LogP contribution in [0.25, 0.3) is 11.3 Å². The molecule has 4 rings (SSSR count). The number of nitrogens with zero attached hydrogens (tertiary/aromatic N) is 4. The van der Waals surface area contributed by atoms with Gasteiger partial charge in [-0.25, -0.2) is 4.98 Å². The zero-order chi connectivity index (χ0) is 23.4. The van der Waals surface area contributed by atoms with Crippen molar-refractivity contribution in [2.45, 2.75) is 38.8 Å². The minimum atomic E-state index is -0.124. The highest BCUT2D eigenvalue weighted by atomic mass is 16.2. The predicted octanol–water partition coefficient (Wildman–Crippen LogP) is 1.85. The molecule has 0 bridgehead atoms. The molecule has 3 heterocycles. The molecule has 2 aromatic rings. The van der Waals surface area contributed by atoms with Gasteiger partial charge in [0.05, 0.1) is 24.1 Å². The van der Waals surface area contributed by atoms with Crippen molar-refractivity contribution in [1.29, 1.82) is 0 Å². The van der Waals surface area contributed by atoms with Crippen LogP contribution < -0.4 is 21.1 Å². The van der Waals surface area contributed by atoms with Gasteiger partial charge in [0.15, 0.2) is 0 Å². The Morgan fingerprint density at radius 3 is 2.82 bits per heavy atom. The number of H-pyrrole nitrogens is 1. The number of likely N-dealkylation sites (tertiary alicyclic amines) is 1. The fourth-order valence-corrected chi connectivity index (χ4v) is 3.88. The standard InChI is InChI=1S/C24H33N7O2/c1-16(2)27-8-4-5-23(32)30-14-19(15-30)31(13-17-6-7-17)21-9-18(10-28-24(21)33)20-11-26-12-22(25-3)29-20/h4-5,9-12,16-17,19,27H,6-8,13-15H2,1-3H3,(H,25,29)(H,28,33). The maximum atomic E-state index is 12.8. The van der Waals surface area contributed by atoms with Gasteiger partial charge in [0.25, 0.3) is 5.56 Å².